The van der Waals surface area contributed by atoms with Gasteiger partial charge in [-0.1, -0.05) is 29.8 Å². The van der Waals surface area contributed by atoms with Gasteiger partial charge in [-0.25, -0.2) is 4.98 Å². The molecule has 22 heavy (non-hydrogen) atoms. The van der Waals surface area contributed by atoms with Crippen LogP contribution in [0.4, 0.5) is 0 Å². The zero-order valence-corrected chi connectivity index (χ0v) is 12.5. The van der Waals surface area contributed by atoms with E-state index in [4.69, 9.17) is 11.6 Å². The summed E-state index contributed by atoms with van der Waals surface area (Å²) in [5.74, 6) is -0.128. The maximum absolute atomic E-state index is 12.2. The van der Waals surface area contributed by atoms with Crippen molar-refractivity contribution < 1.29 is 4.79 Å². The minimum Gasteiger partial charge on any atom is -0.348 e. The van der Waals surface area contributed by atoms with Gasteiger partial charge in [-0.2, -0.15) is 0 Å². The monoisotopic (exact) mass is 311 g/mol. The Kier molecular flexibility index (Phi) is 4.21. The number of nitrogens with one attached hydrogen (secondary N) is 1. The quantitative estimate of drug-likeness (QED) is 0.802. The molecule has 0 atom stereocenters. The summed E-state index contributed by atoms with van der Waals surface area (Å²) in [4.78, 5) is 16.2. The van der Waals surface area contributed by atoms with Crippen LogP contribution in [0, 0.1) is 0 Å². The first-order valence-corrected chi connectivity index (χ1v) is 7.22. The smallest absolute Gasteiger partial charge is 0.251 e. The highest BCUT2D eigenvalue weighted by molar-refractivity contribution is 6.31. The molecule has 0 radical (unpaired) electrons. The van der Waals surface area contributed by atoms with E-state index in [0.717, 1.165) is 11.3 Å². The molecule has 1 N–H and O–H groups in total. The molecule has 0 aliphatic carbocycles. The highest BCUT2D eigenvalue weighted by Gasteiger charge is 2.07. The molecular weight excluding hydrogens is 298 g/mol. The fourth-order valence-corrected chi connectivity index (χ4v) is 2.32. The van der Waals surface area contributed by atoms with E-state index < -0.39 is 0 Å². The number of amides is 1. The molecule has 0 fully saturated rings. The summed E-state index contributed by atoms with van der Waals surface area (Å²) in [6, 6.07) is 14.8. The molecule has 0 spiro atoms. The van der Waals surface area contributed by atoms with Gasteiger partial charge in [0.25, 0.3) is 5.91 Å². The minimum absolute atomic E-state index is 0.128. The fourth-order valence-electron chi connectivity index (χ4n) is 2.12. The minimum atomic E-state index is -0.128. The molecule has 0 unspecified atom stereocenters. The molecule has 0 bridgehead atoms. The Morgan fingerprint density at radius 1 is 1.14 bits per heavy atom. The highest BCUT2D eigenvalue weighted by Crippen LogP contribution is 2.15. The Morgan fingerprint density at radius 2 is 1.91 bits per heavy atom. The molecule has 1 heterocycles. The number of benzene rings is 2. The molecular formula is C17H14ClN3O. The van der Waals surface area contributed by atoms with Gasteiger partial charge in [0.1, 0.15) is 0 Å². The Balaban J connectivity index is 1.67. The summed E-state index contributed by atoms with van der Waals surface area (Å²) in [6.45, 7) is 0.405. The van der Waals surface area contributed by atoms with Crippen LogP contribution in [0.2, 0.25) is 5.02 Å². The van der Waals surface area contributed by atoms with E-state index >= 15 is 0 Å². The first kappa shape index (κ1) is 14.4. The lowest BCUT2D eigenvalue weighted by atomic mass is 10.1. The van der Waals surface area contributed by atoms with Crippen molar-refractivity contribution in [1.29, 1.82) is 0 Å². The van der Waals surface area contributed by atoms with E-state index in [9.17, 15) is 4.79 Å². The van der Waals surface area contributed by atoms with E-state index in [1.54, 1.807) is 24.7 Å². The zero-order valence-electron chi connectivity index (χ0n) is 11.7. The van der Waals surface area contributed by atoms with Crippen molar-refractivity contribution in [2.75, 3.05) is 0 Å². The average Bonchev–Trinajstić information content (AvgIpc) is 3.08. The van der Waals surface area contributed by atoms with Crippen molar-refractivity contribution in [2.45, 2.75) is 6.54 Å². The molecule has 4 nitrogen and oxygen atoms in total. The largest absolute Gasteiger partial charge is 0.348 e. The summed E-state index contributed by atoms with van der Waals surface area (Å²) in [6.07, 6.45) is 5.28. The Hall–Kier alpha value is -2.59. The van der Waals surface area contributed by atoms with Crippen LogP contribution in [0.5, 0.6) is 0 Å². The van der Waals surface area contributed by atoms with Crippen LogP contribution < -0.4 is 5.32 Å². The second-order valence-electron chi connectivity index (χ2n) is 4.79. The Morgan fingerprint density at radius 3 is 2.59 bits per heavy atom. The van der Waals surface area contributed by atoms with Crippen molar-refractivity contribution >= 4 is 17.5 Å². The molecule has 0 aliphatic rings. The predicted octanol–water partition coefficient (Wildman–Crippen LogP) is 3.46. The molecule has 5 heteroatoms. The van der Waals surface area contributed by atoms with Crippen LogP contribution in [-0.4, -0.2) is 15.5 Å². The maximum atomic E-state index is 12.2. The van der Waals surface area contributed by atoms with E-state index in [1.807, 2.05) is 47.2 Å². The number of carbonyl (C=O) groups is 1. The van der Waals surface area contributed by atoms with Gasteiger partial charge in [0.2, 0.25) is 0 Å². The topological polar surface area (TPSA) is 46.9 Å². The van der Waals surface area contributed by atoms with Crippen LogP contribution in [0.15, 0.2) is 67.3 Å². The molecule has 110 valence electrons. The molecule has 0 aliphatic heterocycles. The van der Waals surface area contributed by atoms with Crippen molar-refractivity contribution in [3.8, 4) is 5.69 Å². The van der Waals surface area contributed by atoms with Gasteiger partial charge in [0.05, 0.1) is 6.33 Å². The molecule has 0 saturated carbocycles. The van der Waals surface area contributed by atoms with Gasteiger partial charge in [-0.15, -0.1) is 0 Å². The first-order chi connectivity index (χ1) is 10.7. The number of nitrogens with zero attached hydrogens (tertiary/aromatic N) is 2. The molecule has 1 aromatic heterocycles. The van der Waals surface area contributed by atoms with Crippen LogP contribution in [0.3, 0.4) is 0 Å². The lowest BCUT2D eigenvalue weighted by Crippen LogP contribution is -2.22. The fraction of sp³-hybridized carbons (Fsp3) is 0.0588. The molecule has 3 aromatic rings. The highest BCUT2D eigenvalue weighted by atomic mass is 35.5. The third-order valence-corrected chi connectivity index (χ3v) is 3.70. The Labute approximate surface area is 133 Å². The number of aromatic nitrogens is 2. The van der Waals surface area contributed by atoms with Gasteiger partial charge in [-0.3, -0.25) is 4.79 Å². The second-order valence-corrected chi connectivity index (χ2v) is 5.20. The van der Waals surface area contributed by atoms with Crippen LogP contribution >= 0.6 is 11.6 Å². The number of hydrogen-bond acceptors (Lipinski definition) is 2. The lowest BCUT2D eigenvalue weighted by molar-refractivity contribution is 0.0951. The maximum Gasteiger partial charge on any atom is 0.251 e. The summed E-state index contributed by atoms with van der Waals surface area (Å²) >= 11 is 6.07. The van der Waals surface area contributed by atoms with Crippen molar-refractivity contribution in [1.82, 2.24) is 14.9 Å². The normalized spacial score (nSPS) is 10.4. The number of hydrogen-bond donors (Lipinski definition) is 1. The standard InChI is InChI=1S/C17H14ClN3O/c18-16-4-2-1-3-14(16)11-20-17(22)13-5-7-15(8-6-13)21-10-9-19-12-21/h1-10,12H,11H2,(H,20,22). The molecule has 0 saturated heterocycles. The van der Waals surface area contributed by atoms with Crippen molar-refractivity contribution in [3.63, 3.8) is 0 Å². The van der Waals surface area contributed by atoms with Crippen molar-refractivity contribution in [2.24, 2.45) is 0 Å². The van der Waals surface area contributed by atoms with Gasteiger partial charge >= 0.3 is 0 Å². The molecule has 2 aromatic carbocycles. The van der Waals surface area contributed by atoms with Crippen LogP contribution in [0.25, 0.3) is 5.69 Å². The molecule has 3 rings (SSSR count). The van der Waals surface area contributed by atoms with Gasteiger partial charge in [0.15, 0.2) is 0 Å². The summed E-state index contributed by atoms with van der Waals surface area (Å²) < 4.78 is 1.88. The van der Waals surface area contributed by atoms with Crippen LogP contribution in [0.1, 0.15) is 15.9 Å². The lowest BCUT2D eigenvalue weighted by Gasteiger charge is -2.08. The summed E-state index contributed by atoms with van der Waals surface area (Å²) in [5.41, 5.74) is 2.46. The second kappa shape index (κ2) is 6.45. The number of imidazole rings is 1. The average molecular weight is 312 g/mol. The van der Waals surface area contributed by atoms with E-state index in [0.29, 0.717) is 17.1 Å². The Bertz CT molecular complexity index is 767. The van der Waals surface area contributed by atoms with Gasteiger partial charge in [0, 0.05) is 35.2 Å². The number of carbonyl (C=O) groups excluding carboxylic acids is 1. The number of rotatable bonds is 4. The SMILES string of the molecule is O=C(NCc1ccccc1Cl)c1ccc(-n2ccnc2)cc1. The van der Waals surface area contributed by atoms with Crippen LogP contribution in [-0.2, 0) is 6.54 Å². The predicted molar refractivity (Wildman–Crippen MR) is 86.2 cm³/mol. The van der Waals surface area contributed by atoms with Gasteiger partial charge in [-0.05, 0) is 35.9 Å². The summed E-state index contributed by atoms with van der Waals surface area (Å²) in [7, 11) is 0. The van der Waals surface area contributed by atoms with Gasteiger partial charge < -0.3 is 9.88 Å². The number of halogens is 1. The first-order valence-electron chi connectivity index (χ1n) is 6.84. The van der Waals surface area contributed by atoms with E-state index in [-0.39, 0.29) is 5.91 Å². The zero-order chi connectivity index (χ0) is 15.4. The van der Waals surface area contributed by atoms with E-state index in [1.165, 1.54) is 0 Å². The van der Waals surface area contributed by atoms with Crippen molar-refractivity contribution in [3.05, 3.63) is 83.4 Å². The van der Waals surface area contributed by atoms with E-state index in [2.05, 4.69) is 10.3 Å². The summed E-state index contributed by atoms with van der Waals surface area (Å²) in [5, 5.41) is 3.52. The molecule has 1 amide bonds. The third kappa shape index (κ3) is 3.18. The third-order valence-electron chi connectivity index (χ3n) is 3.33.